The quantitative estimate of drug-likeness (QED) is 0.212. The van der Waals surface area contributed by atoms with Crippen LogP contribution in [0, 0.1) is 41.0 Å². The summed E-state index contributed by atoms with van der Waals surface area (Å²) in [4.78, 5) is 0. The van der Waals surface area contributed by atoms with Gasteiger partial charge in [0, 0.05) is 0 Å². The van der Waals surface area contributed by atoms with E-state index in [1.807, 2.05) is 0 Å². The molecule has 1 saturated carbocycles. The molecule has 1 unspecified atom stereocenters. The van der Waals surface area contributed by atoms with Crippen LogP contribution in [0.25, 0.3) is 11.1 Å². The second-order valence-electron chi connectivity index (χ2n) is 9.15. The van der Waals surface area contributed by atoms with E-state index >= 15 is 0 Å². The van der Waals surface area contributed by atoms with Crippen LogP contribution < -0.4 is 0 Å². The Labute approximate surface area is 188 Å². The van der Waals surface area contributed by atoms with Crippen molar-refractivity contribution in [2.75, 3.05) is 0 Å². The molecule has 2 aromatic carbocycles. The SMILES string of the molecule is CCCCCC1CCC(C(C)Cc2cc(F)c(-c3cc(F)c(Cl)c(F)c3)c(F)c2)CC1. The minimum atomic E-state index is -1.04. The molecular formula is C26H31ClF4. The van der Waals surface area contributed by atoms with Crippen molar-refractivity contribution >= 4 is 11.6 Å². The fourth-order valence-electron chi connectivity index (χ4n) is 4.99. The molecular weight excluding hydrogens is 424 g/mol. The van der Waals surface area contributed by atoms with Crippen LogP contribution in [0.15, 0.2) is 24.3 Å². The Hall–Kier alpha value is -1.55. The number of halogens is 5. The van der Waals surface area contributed by atoms with Gasteiger partial charge in [0.05, 0.1) is 5.56 Å². The van der Waals surface area contributed by atoms with E-state index in [1.165, 1.54) is 63.5 Å². The van der Waals surface area contributed by atoms with Gasteiger partial charge in [0.2, 0.25) is 0 Å². The third-order valence-corrected chi connectivity index (χ3v) is 7.21. The van der Waals surface area contributed by atoms with Gasteiger partial charge in [-0.1, -0.05) is 64.0 Å². The van der Waals surface area contributed by atoms with E-state index in [4.69, 9.17) is 11.6 Å². The smallest absolute Gasteiger partial charge is 0.145 e. The Bertz CT molecular complexity index is 841. The van der Waals surface area contributed by atoms with Crippen molar-refractivity contribution < 1.29 is 17.6 Å². The summed E-state index contributed by atoms with van der Waals surface area (Å²) in [6.45, 7) is 4.37. The van der Waals surface area contributed by atoms with Crippen LogP contribution in [-0.2, 0) is 6.42 Å². The molecule has 3 rings (SSSR count). The monoisotopic (exact) mass is 454 g/mol. The molecule has 31 heavy (non-hydrogen) atoms. The van der Waals surface area contributed by atoms with Crippen LogP contribution in [0.4, 0.5) is 17.6 Å². The summed E-state index contributed by atoms with van der Waals surface area (Å²) in [6, 6.07) is 4.29. The highest BCUT2D eigenvalue weighted by Gasteiger charge is 2.26. The fourth-order valence-corrected chi connectivity index (χ4v) is 5.10. The minimum absolute atomic E-state index is 0.199. The average Bonchev–Trinajstić information content (AvgIpc) is 2.72. The molecule has 0 nitrogen and oxygen atoms in total. The van der Waals surface area contributed by atoms with E-state index in [1.54, 1.807) is 0 Å². The Morgan fingerprint density at radius 2 is 1.45 bits per heavy atom. The highest BCUT2D eigenvalue weighted by Crippen LogP contribution is 2.38. The molecule has 0 spiro atoms. The zero-order chi connectivity index (χ0) is 22.5. The van der Waals surface area contributed by atoms with Gasteiger partial charge in [0.25, 0.3) is 0 Å². The van der Waals surface area contributed by atoms with Crippen molar-refractivity contribution in [1.29, 1.82) is 0 Å². The summed E-state index contributed by atoms with van der Waals surface area (Å²) in [5.74, 6) is -2.01. The molecule has 0 aromatic heterocycles. The van der Waals surface area contributed by atoms with Crippen molar-refractivity contribution in [2.24, 2.45) is 17.8 Å². The normalized spacial score (nSPS) is 20.1. The molecule has 0 saturated heterocycles. The molecule has 0 radical (unpaired) electrons. The number of rotatable bonds is 8. The molecule has 0 bridgehead atoms. The van der Waals surface area contributed by atoms with Crippen molar-refractivity contribution in [2.45, 2.75) is 71.6 Å². The maximum Gasteiger partial charge on any atom is 0.145 e. The van der Waals surface area contributed by atoms with Gasteiger partial charge in [-0.25, -0.2) is 17.6 Å². The molecule has 5 heteroatoms. The number of unbranched alkanes of at least 4 members (excludes halogenated alkanes) is 2. The first-order valence-electron chi connectivity index (χ1n) is 11.4. The standard InChI is InChI=1S/C26H31ClF4/c1-3-4-5-6-17-7-9-19(10-8-17)16(2)11-18-12-21(28)25(22(29)13-18)20-14-23(30)26(27)24(31)15-20/h12-17,19H,3-11H2,1-2H3. The molecule has 0 N–H and O–H groups in total. The molecule has 0 heterocycles. The van der Waals surface area contributed by atoms with Crippen molar-refractivity contribution in [1.82, 2.24) is 0 Å². The predicted molar refractivity (Wildman–Crippen MR) is 119 cm³/mol. The summed E-state index contributed by atoms with van der Waals surface area (Å²) >= 11 is 5.48. The molecule has 1 atom stereocenters. The van der Waals surface area contributed by atoms with E-state index in [0.717, 1.165) is 18.1 Å². The van der Waals surface area contributed by atoms with E-state index in [-0.39, 0.29) is 5.56 Å². The molecule has 1 fully saturated rings. The lowest BCUT2D eigenvalue weighted by Gasteiger charge is -2.32. The highest BCUT2D eigenvalue weighted by molar-refractivity contribution is 6.31. The number of hydrogen-bond acceptors (Lipinski definition) is 0. The maximum absolute atomic E-state index is 14.7. The van der Waals surface area contributed by atoms with E-state index in [9.17, 15) is 17.6 Å². The maximum atomic E-state index is 14.7. The van der Waals surface area contributed by atoms with E-state index in [2.05, 4.69) is 13.8 Å². The van der Waals surface area contributed by atoms with Gasteiger partial charge in [-0.15, -0.1) is 0 Å². The predicted octanol–water partition coefficient (Wildman–Crippen LogP) is 9.13. The Morgan fingerprint density at radius 1 is 0.871 bits per heavy atom. The summed E-state index contributed by atoms with van der Waals surface area (Å²) < 4.78 is 57.0. The molecule has 0 aliphatic heterocycles. The summed E-state index contributed by atoms with van der Waals surface area (Å²) in [5, 5.41) is -0.685. The van der Waals surface area contributed by atoms with Crippen molar-refractivity contribution in [3.63, 3.8) is 0 Å². The number of benzene rings is 2. The minimum Gasteiger partial charge on any atom is -0.206 e. The van der Waals surface area contributed by atoms with Crippen LogP contribution >= 0.6 is 11.6 Å². The molecule has 1 aliphatic rings. The third kappa shape index (κ3) is 6.03. The second-order valence-corrected chi connectivity index (χ2v) is 9.52. The molecule has 1 aliphatic carbocycles. The first kappa shape index (κ1) is 24.1. The zero-order valence-electron chi connectivity index (χ0n) is 18.3. The van der Waals surface area contributed by atoms with Gasteiger partial charge >= 0.3 is 0 Å². The topological polar surface area (TPSA) is 0 Å². The lowest BCUT2D eigenvalue weighted by atomic mass is 9.73. The Morgan fingerprint density at radius 3 is 2.00 bits per heavy atom. The van der Waals surface area contributed by atoms with Gasteiger partial charge in [-0.2, -0.15) is 0 Å². The van der Waals surface area contributed by atoms with Crippen LogP contribution in [0.1, 0.15) is 70.8 Å². The van der Waals surface area contributed by atoms with Crippen molar-refractivity contribution in [3.8, 4) is 11.1 Å². The highest BCUT2D eigenvalue weighted by atomic mass is 35.5. The van der Waals surface area contributed by atoms with Crippen molar-refractivity contribution in [3.05, 3.63) is 58.1 Å². The molecule has 0 amide bonds. The molecule has 170 valence electrons. The van der Waals surface area contributed by atoms with Gasteiger partial charge in [0.15, 0.2) is 0 Å². The van der Waals surface area contributed by atoms with Gasteiger partial charge < -0.3 is 0 Å². The summed E-state index contributed by atoms with van der Waals surface area (Å²) in [7, 11) is 0. The first-order valence-corrected chi connectivity index (χ1v) is 11.8. The third-order valence-electron chi connectivity index (χ3n) is 6.84. The van der Waals surface area contributed by atoms with E-state index in [0.29, 0.717) is 23.8 Å². The average molecular weight is 455 g/mol. The van der Waals surface area contributed by atoms with Gasteiger partial charge in [0.1, 0.15) is 28.3 Å². The van der Waals surface area contributed by atoms with Gasteiger partial charge in [-0.05, 0) is 72.4 Å². The van der Waals surface area contributed by atoms with Crippen LogP contribution in [0.2, 0.25) is 5.02 Å². The lowest BCUT2D eigenvalue weighted by Crippen LogP contribution is -2.21. The zero-order valence-corrected chi connectivity index (χ0v) is 19.1. The second kappa shape index (κ2) is 10.8. The summed E-state index contributed by atoms with van der Waals surface area (Å²) in [5.41, 5.74) is -0.0555. The first-order chi connectivity index (χ1) is 14.8. The van der Waals surface area contributed by atoms with Crippen LogP contribution in [0.3, 0.4) is 0 Å². The number of hydrogen-bond donors (Lipinski definition) is 0. The lowest BCUT2D eigenvalue weighted by molar-refractivity contribution is 0.204. The Balaban J connectivity index is 1.66. The Kier molecular flexibility index (Phi) is 8.43. The van der Waals surface area contributed by atoms with Crippen LogP contribution in [-0.4, -0.2) is 0 Å². The fraction of sp³-hybridized carbons (Fsp3) is 0.538. The molecule has 2 aromatic rings. The van der Waals surface area contributed by atoms with Gasteiger partial charge in [-0.3, -0.25) is 0 Å². The van der Waals surface area contributed by atoms with E-state index < -0.39 is 33.9 Å². The largest absolute Gasteiger partial charge is 0.206 e. The summed E-state index contributed by atoms with van der Waals surface area (Å²) in [6.07, 6.45) is 10.6. The van der Waals surface area contributed by atoms with Crippen LogP contribution in [0.5, 0.6) is 0 Å².